The van der Waals surface area contributed by atoms with Gasteiger partial charge in [0.15, 0.2) is 11.6 Å². The first kappa shape index (κ1) is 38.5. The number of aromatic nitrogens is 4. The molecule has 5 heterocycles. The number of hydrogen-bond acceptors (Lipinski definition) is 8. The number of carbonyl (C=O) groups excluding carboxylic acids is 2. The van der Waals surface area contributed by atoms with Crippen molar-refractivity contribution in [1.82, 2.24) is 28.9 Å². The third-order valence-corrected chi connectivity index (χ3v) is 13.2. The summed E-state index contributed by atoms with van der Waals surface area (Å²) in [4.78, 5) is 53.6. The number of imidazole rings is 2. The van der Waals surface area contributed by atoms with Crippen LogP contribution in [0.3, 0.4) is 0 Å². The molecule has 1 amide bonds. The molecule has 1 saturated heterocycles. The molecular weight excluding hydrogens is 730 g/mol. The van der Waals surface area contributed by atoms with Gasteiger partial charge < -0.3 is 24.3 Å². The van der Waals surface area contributed by atoms with Crippen molar-refractivity contribution in [3.8, 4) is 11.1 Å². The maximum Gasteiger partial charge on any atom is 0.306 e. The van der Waals surface area contributed by atoms with E-state index < -0.39 is 5.97 Å². The monoisotopic (exact) mass is 781 g/mol. The summed E-state index contributed by atoms with van der Waals surface area (Å²) in [5, 5.41) is 13.0. The predicted octanol–water partition coefficient (Wildman–Crippen LogP) is 6.25. The molecule has 0 bridgehead atoms. The number of carboxylic acids is 1. The van der Waals surface area contributed by atoms with Gasteiger partial charge in [0.2, 0.25) is 5.78 Å². The number of benzene rings is 2. The van der Waals surface area contributed by atoms with Gasteiger partial charge in [-0.05, 0) is 74.1 Å². The Bertz CT molecular complexity index is 2150. The highest BCUT2D eigenvalue weighted by Crippen LogP contribution is 2.37. The van der Waals surface area contributed by atoms with E-state index in [0.29, 0.717) is 40.9 Å². The van der Waals surface area contributed by atoms with Gasteiger partial charge in [-0.1, -0.05) is 41.9 Å². The summed E-state index contributed by atoms with van der Waals surface area (Å²) in [6, 6.07) is 12.0. The zero-order chi connectivity index (χ0) is 39.1. The number of nitrogens with zero attached hydrogens (tertiary/aromatic N) is 6. The zero-order valence-corrected chi connectivity index (χ0v) is 33.4. The molecule has 1 aliphatic carbocycles. The number of fused-ring (bicyclic) bond motifs is 2. The number of halogens is 1. The normalized spacial score (nSPS) is 20.7. The second kappa shape index (κ2) is 16.2. The highest BCUT2D eigenvalue weighted by Gasteiger charge is 2.32. The van der Waals surface area contributed by atoms with Gasteiger partial charge in [0, 0.05) is 108 Å². The average Bonchev–Trinajstić information content (AvgIpc) is 3.72. The molecule has 13 heteroatoms. The number of Topliss-reactive ketones (excluding diaryl/α,β-unsaturated/α-hetero) is 1. The molecule has 0 atom stereocenters. The fraction of sp³-hybridized carbons (Fsp3) is 0.512. The Balaban J connectivity index is 0.937. The first-order valence-electron chi connectivity index (χ1n) is 20.1. The molecule has 296 valence electrons. The standard InChI is InChI=1S/C43H52ClN7O5/c1-26-31(32-8-4-6-29(39(32)44)22-38(52)40-45-35-25-51(19-15-37(35)48(40)2)30-16-20-56-21-17-30)7-5-9-33(26)47-42(53)41-46-34-24-50(18-14-36(34)49(41)3)23-27-10-12-28(13-11-27)43(54)55/h4-9,27-28,30H,10-25H2,1-3H3,(H,47,53)(H,54,55). The molecular formula is C43H52ClN7O5. The van der Waals surface area contributed by atoms with Crippen LogP contribution in [0.1, 0.15) is 93.7 Å². The first-order chi connectivity index (χ1) is 27.0. The third kappa shape index (κ3) is 7.68. The fourth-order valence-corrected chi connectivity index (χ4v) is 9.77. The number of ether oxygens (including phenoxy) is 1. The lowest BCUT2D eigenvalue weighted by Gasteiger charge is -2.36. The van der Waals surface area contributed by atoms with Crippen LogP contribution in [0.15, 0.2) is 36.4 Å². The molecule has 4 aromatic rings. The van der Waals surface area contributed by atoms with Crippen LogP contribution in [0.2, 0.25) is 5.02 Å². The molecule has 2 aromatic carbocycles. The van der Waals surface area contributed by atoms with E-state index in [0.717, 1.165) is 136 Å². The summed E-state index contributed by atoms with van der Waals surface area (Å²) >= 11 is 7.09. The maximum atomic E-state index is 13.8. The molecule has 56 heavy (non-hydrogen) atoms. The van der Waals surface area contributed by atoms with Gasteiger partial charge in [-0.15, -0.1) is 0 Å². The highest BCUT2D eigenvalue weighted by atomic mass is 35.5. The Labute approximate surface area is 333 Å². The van der Waals surface area contributed by atoms with Crippen molar-refractivity contribution >= 4 is 34.9 Å². The lowest BCUT2D eigenvalue weighted by Crippen LogP contribution is -2.42. The summed E-state index contributed by atoms with van der Waals surface area (Å²) in [6.07, 6.45) is 7.23. The van der Waals surface area contributed by atoms with Gasteiger partial charge in [-0.2, -0.15) is 0 Å². The highest BCUT2D eigenvalue weighted by molar-refractivity contribution is 6.34. The Kier molecular flexibility index (Phi) is 11.2. The van der Waals surface area contributed by atoms with Gasteiger partial charge in [0.05, 0.1) is 22.3 Å². The number of nitrogens with one attached hydrogen (secondary N) is 1. The number of carbonyl (C=O) groups is 3. The molecule has 3 aliphatic heterocycles. The summed E-state index contributed by atoms with van der Waals surface area (Å²) in [5.41, 5.74) is 8.04. The van der Waals surface area contributed by atoms with Crippen LogP contribution in [-0.2, 0) is 56.0 Å². The molecule has 0 radical (unpaired) electrons. The Morgan fingerprint density at radius 1 is 0.857 bits per heavy atom. The van der Waals surface area contributed by atoms with Crippen molar-refractivity contribution in [2.75, 3.05) is 38.2 Å². The van der Waals surface area contributed by atoms with Crippen molar-refractivity contribution in [3.63, 3.8) is 0 Å². The van der Waals surface area contributed by atoms with E-state index in [-0.39, 0.29) is 24.0 Å². The summed E-state index contributed by atoms with van der Waals surface area (Å²) in [6.45, 7) is 7.77. The van der Waals surface area contributed by atoms with E-state index in [4.69, 9.17) is 26.3 Å². The van der Waals surface area contributed by atoms with Crippen LogP contribution in [-0.4, -0.2) is 90.6 Å². The molecule has 8 rings (SSSR count). The quantitative estimate of drug-likeness (QED) is 0.179. The van der Waals surface area contributed by atoms with Gasteiger partial charge in [0.25, 0.3) is 5.91 Å². The van der Waals surface area contributed by atoms with Crippen LogP contribution in [0.4, 0.5) is 5.69 Å². The number of rotatable bonds is 10. The lowest BCUT2D eigenvalue weighted by molar-refractivity contribution is -0.143. The largest absolute Gasteiger partial charge is 0.481 e. The first-order valence-corrected chi connectivity index (χ1v) is 20.5. The van der Waals surface area contributed by atoms with E-state index in [9.17, 15) is 19.5 Å². The molecule has 1 saturated carbocycles. The van der Waals surface area contributed by atoms with Gasteiger partial charge in [-0.25, -0.2) is 9.97 Å². The van der Waals surface area contributed by atoms with Crippen molar-refractivity contribution in [3.05, 3.63) is 87.0 Å². The second-order valence-corrected chi connectivity index (χ2v) is 16.6. The van der Waals surface area contributed by atoms with E-state index in [1.807, 2.05) is 66.6 Å². The molecule has 0 unspecified atom stereocenters. The zero-order valence-electron chi connectivity index (χ0n) is 32.7. The minimum Gasteiger partial charge on any atom is -0.481 e. The average molecular weight is 782 g/mol. The van der Waals surface area contributed by atoms with Crippen molar-refractivity contribution in [1.29, 1.82) is 0 Å². The topological polar surface area (TPSA) is 135 Å². The van der Waals surface area contributed by atoms with E-state index >= 15 is 0 Å². The lowest BCUT2D eigenvalue weighted by atomic mass is 9.81. The molecule has 2 aromatic heterocycles. The third-order valence-electron chi connectivity index (χ3n) is 12.8. The summed E-state index contributed by atoms with van der Waals surface area (Å²) in [5.74, 6) is 0.0928. The fourth-order valence-electron chi connectivity index (χ4n) is 9.48. The number of ketones is 1. The summed E-state index contributed by atoms with van der Waals surface area (Å²) < 4.78 is 9.46. The van der Waals surface area contributed by atoms with E-state index in [2.05, 4.69) is 15.1 Å². The second-order valence-electron chi connectivity index (χ2n) is 16.2. The van der Waals surface area contributed by atoms with Crippen molar-refractivity contribution in [2.24, 2.45) is 25.9 Å². The SMILES string of the molecule is Cc1c(NC(=O)c2nc3c(n2C)CCN(CC2CCC(C(=O)O)CC2)C3)cccc1-c1cccc(CC(=O)c2nc3c(n2C)CCN(C2CCOCC2)C3)c1Cl. The maximum absolute atomic E-state index is 13.8. The van der Waals surface area contributed by atoms with Gasteiger partial charge in [0.1, 0.15) is 0 Å². The number of hydrogen-bond donors (Lipinski definition) is 2. The van der Waals surface area contributed by atoms with Gasteiger partial charge in [-0.3, -0.25) is 24.2 Å². The van der Waals surface area contributed by atoms with Crippen LogP contribution in [0, 0.1) is 18.8 Å². The molecule has 0 spiro atoms. The van der Waals surface area contributed by atoms with Crippen molar-refractivity contribution < 1.29 is 24.2 Å². The number of carboxylic acid groups (broad SMARTS) is 1. The Morgan fingerprint density at radius 3 is 2.27 bits per heavy atom. The Hall–Kier alpha value is -4.36. The number of anilines is 1. The van der Waals surface area contributed by atoms with E-state index in [1.165, 1.54) is 0 Å². The van der Waals surface area contributed by atoms with Gasteiger partial charge >= 0.3 is 5.97 Å². The van der Waals surface area contributed by atoms with Crippen molar-refractivity contribution in [2.45, 2.75) is 83.8 Å². The number of amides is 1. The minimum absolute atomic E-state index is 0.0694. The predicted molar refractivity (Wildman–Crippen MR) is 214 cm³/mol. The molecule has 2 fully saturated rings. The molecule has 2 N–H and O–H groups in total. The van der Waals surface area contributed by atoms with E-state index in [1.54, 1.807) is 0 Å². The number of aliphatic carboxylic acids is 1. The van der Waals surface area contributed by atoms with Crippen LogP contribution >= 0.6 is 11.6 Å². The smallest absolute Gasteiger partial charge is 0.306 e. The molecule has 4 aliphatic rings. The summed E-state index contributed by atoms with van der Waals surface area (Å²) in [7, 11) is 3.85. The van der Waals surface area contributed by atoms with Crippen LogP contribution < -0.4 is 5.32 Å². The van der Waals surface area contributed by atoms with Crippen LogP contribution in [0.25, 0.3) is 11.1 Å². The minimum atomic E-state index is -0.675. The van der Waals surface area contributed by atoms with Crippen LogP contribution in [0.5, 0.6) is 0 Å². The molecule has 12 nitrogen and oxygen atoms in total. The Morgan fingerprint density at radius 2 is 1.52 bits per heavy atom.